The molecule has 0 saturated heterocycles. The number of fused-ring (bicyclic) bond motifs is 1. The van der Waals surface area contributed by atoms with Crippen LogP contribution in [0, 0.1) is 12.7 Å². The summed E-state index contributed by atoms with van der Waals surface area (Å²) in [7, 11) is 0. The van der Waals surface area contributed by atoms with Crippen molar-refractivity contribution in [1.29, 1.82) is 0 Å². The second-order valence-electron chi connectivity index (χ2n) is 4.89. The summed E-state index contributed by atoms with van der Waals surface area (Å²) in [6.07, 6.45) is -0.650. The lowest BCUT2D eigenvalue weighted by atomic mass is 10.1. The molecular formula is C16H15FN2O2. The van der Waals surface area contributed by atoms with Gasteiger partial charge in [-0.3, -0.25) is 4.79 Å². The van der Waals surface area contributed by atoms with Crippen molar-refractivity contribution < 1.29 is 13.9 Å². The van der Waals surface area contributed by atoms with Gasteiger partial charge in [0.15, 0.2) is 6.10 Å². The summed E-state index contributed by atoms with van der Waals surface area (Å²) in [6, 6.07) is 12.0. The van der Waals surface area contributed by atoms with Gasteiger partial charge in [0.05, 0.1) is 12.2 Å². The third-order valence-corrected chi connectivity index (χ3v) is 3.45. The quantitative estimate of drug-likeness (QED) is 0.892. The summed E-state index contributed by atoms with van der Waals surface area (Å²) in [5.74, 6) is -0.00796. The lowest BCUT2D eigenvalue weighted by Crippen LogP contribution is -2.41. The highest BCUT2D eigenvalue weighted by atomic mass is 19.1. The van der Waals surface area contributed by atoms with Crippen LogP contribution in [0.3, 0.4) is 0 Å². The van der Waals surface area contributed by atoms with Crippen LogP contribution in [0.1, 0.15) is 5.56 Å². The molecule has 1 unspecified atom stereocenters. The number of hydrogen-bond acceptors (Lipinski definition) is 3. The number of ether oxygens (including phenoxy) is 1. The van der Waals surface area contributed by atoms with Crippen LogP contribution in [0.4, 0.5) is 15.8 Å². The summed E-state index contributed by atoms with van der Waals surface area (Å²) >= 11 is 0. The standard InChI is InChI=1S/C16H15FN2O2/c1-10-11(17)5-4-7-12(10)19-16(20)15-9-18-13-6-2-3-8-14(13)21-15/h2-8,15,18H,9H2,1H3,(H,19,20). The molecule has 0 aromatic heterocycles. The first-order chi connectivity index (χ1) is 10.1. The van der Waals surface area contributed by atoms with E-state index in [0.717, 1.165) is 5.69 Å². The fourth-order valence-electron chi connectivity index (χ4n) is 2.22. The predicted molar refractivity (Wildman–Crippen MR) is 79.1 cm³/mol. The van der Waals surface area contributed by atoms with Crippen LogP contribution in [0.5, 0.6) is 5.75 Å². The number of amides is 1. The number of carbonyl (C=O) groups excluding carboxylic acids is 1. The van der Waals surface area contributed by atoms with Crippen molar-refractivity contribution in [3.05, 3.63) is 53.8 Å². The molecule has 0 bridgehead atoms. The van der Waals surface area contributed by atoms with E-state index in [1.807, 2.05) is 18.2 Å². The van der Waals surface area contributed by atoms with Crippen molar-refractivity contribution in [2.24, 2.45) is 0 Å². The lowest BCUT2D eigenvalue weighted by Gasteiger charge is -2.26. The Labute approximate surface area is 121 Å². The van der Waals surface area contributed by atoms with Gasteiger partial charge in [-0.1, -0.05) is 18.2 Å². The topological polar surface area (TPSA) is 50.4 Å². The maximum atomic E-state index is 13.5. The van der Waals surface area contributed by atoms with Crippen LogP contribution in [-0.2, 0) is 4.79 Å². The normalized spacial score (nSPS) is 16.4. The van der Waals surface area contributed by atoms with Gasteiger partial charge in [-0.25, -0.2) is 4.39 Å². The molecule has 1 heterocycles. The molecule has 1 aliphatic heterocycles. The second-order valence-corrected chi connectivity index (χ2v) is 4.89. The highest BCUT2D eigenvalue weighted by molar-refractivity contribution is 5.95. The molecule has 1 aliphatic rings. The van der Waals surface area contributed by atoms with Crippen LogP contribution < -0.4 is 15.4 Å². The van der Waals surface area contributed by atoms with Crippen molar-refractivity contribution in [3.63, 3.8) is 0 Å². The second kappa shape index (κ2) is 5.44. The van der Waals surface area contributed by atoms with E-state index in [9.17, 15) is 9.18 Å². The molecule has 2 aromatic carbocycles. The number of benzene rings is 2. The Hall–Kier alpha value is -2.56. The maximum absolute atomic E-state index is 13.5. The molecule has 0 radical (unpaired) electrons. The minimum absolute atomic E-state index is 0.300. The van der Waals surface area contributed by atoms with Crippen molar-refractivity contribution in [1.82, 2.24) is 0 Å². The zero-order valence-electron chi connectivity index (χ0n) is 11.5. The van der Waals surface area contributed by atoms with Gasteiger partial charge in [-0.15, -0.1) is 0 Å². The summed E-state index contributed by atoms with van der Waals surface area (Å²) in [5.41, 5.74) is 1.74. The van der Waals surface area contributed by atoms with Crippen LogP contribution >= 0.6 is 0 Å². The van der Waals surface area contributed by atoms with Crippen LogP contribution in [0.15, 0.2) is 42.5 Å². The molecule has 1 amide bonds. The molecule has 21 heavy (non-hydrogen) atoms. The van der Waals surface area contributed by atoms with E-state index in [0.29, 0.717) is 23.5 Å². The van der Waals surface area contributed by atoms with E-state index >= 15 is 0 Å². The summed E-state index contributed by atoms with van der Waals surface area (Å²) < 4.78 is 19.1. The fourth-order valence-corrected chi connectivity index (χ4v) is 2.22. The van der Waals surface area contributed by atoms with E-state index in [-0.39, 0.29) is 11.7 Å². The number of anilines is 2. The van der Waals surface area contributed by atoms with E-state index in [4.69, 9.17) is 4.74 Å². The Morgan fingerprint density at radius 2 is 2.10 bits per heavy atom. The van der Waals surface area contributed by atoms with E-state index in [2.05, 4.69) is 10.6 Å². The van der Waals surface area contributed by atoms with Gasteiger partial charge in [0.25, 0.3) is 5.91 Å². The Bertz CT molecular complexity index is 688. The van der Waals surface area contributed by atoms with Crippen molar-refractivity contribution >= 4 is 17.3 Å². The Morgan fingerprint density at radius 3 is 2.95 bits per heavy atom. The summed E-state index contributed by atoms with van der Waals surface area (Å²) in [5, 5.41) is 5.85. The molecule has 0 aliphatic carbocycles. The van der Waals surface area contributed by atoms with Gasteiger partial charge in [0, 0.05) is 11.3 Å². The molecule has 3 rings (SSSR count). The third kappa shape index (κ3) is 2.67. The summed E-state index contributed by atoms with van der Waals surface area (Å²) in [4.78, 5) is 12.2. The molecular weight excluding hydrogens is 271 g/mol. The van der Waals surface area contributed by atoms with Gasteiger partial charge >= 0.3 is 0 Å². The van der Waals surface area contributed by atoms with Gasteiger partial charge in [0.1, 0.15) is 11.6 Å². The Balaban J connectivity index is 1.74. The number of rotatable bonds is 2. The number of nitrogens with one attached hydrogen (secondary N) is 2. The largest absolute Gasteiger partial charge is 0.477 e. The maximum Gasteiger partial charge on any atom is 0.267 e. The Morgan fingerprint density at radius 1 is 1.29 bits per heavy atom. The highest BCUT2D eigenvalue weighted by Gasteiger charge is 2.26. The zero-order chi connectivity index (χ0) is 14.8. The molecule has 4 nitrogen and oxygen atoms in total. The number of para-hydroxylation sites is 2. The van der Waals surface area contributed by atoms with E-state index in [1.165, 1.54) is 6.07 Å². The van der Waals surface area contributed by atoms with Crippen LogP contribution in [0.2, 0.25) is 0 Å². The first-order valence-corrected chi connectivity index (χ1v) is 6.70. The molecule has 0 saturated carbocycles. The van der Waals surface area contributed by atoms with Crippen molar-refractivity contribution in [2.75, 3.05) is 17.2 Å². The monoisotopic (exact) mass is 286 g/mol. The van der Waals surface area contributed by atoms with Gasteiger partial charge in [-0.05, 0) is 31.2 Å². The minimum Gasteiger partial charge on any atom is -0.477 e. The molecule has 1 atom stereocenters. The number of halogens is 1. The highest BCUT2D eigenvalue weighted by Crippen LogP contribution is 2.28. The average Bonchev–Trinajstić information content (AvgIpc) is 2.51. The van der Waals surface area contributed by atoms with Gasteiger partial charge < -0.3 is 15.4 Å². The van der Waals surface area contributed by atoms with E-state index < -0.39 is 6.10 Å². The SMILES string of the molecule is Cc1c(F)cccc1NC(=O)C1CNc2ccccc2O1. The molecule has 108 valence electrons. The molecule has 0 fully saturated rings. The predicted octanol–water partition coefficient (Wildman–Crippen LogP) is 2.95. The van der Waals surface area contributed by atoms with Crippen molar-refractivity contribution in [3.8, 4) is 5.75 Å². The number of carbonyl (C=O) groups is 1. The zero-order valence-corrected chi connectivity index (χ0v) is 11.5. The first-order valence-electron chi connectivity index (χ1n) is 6.70. The van der Waals surface area contributed by atoms with Gasteiger partial charge in [0.2, 0.25) is 0 Å². The average molecular weight is 286 g/mol. The fraction of sp³-hybridized carbons (Fsp3) is 0.188. The molecule has 0 spiro atoms. The van der Waals surface area contributed by atoms with Gasteiger partial charge in [-0.2, -0.15) is 0 Å². The van der Waals surface area contributed by atoms with E-state index in [1.54, 1.807) is 25.1 Å². The summed E-state index contributed by atoms with van der Waals surface area (Å²) in [6.45, 7) is 2.00. The molecule has 2 N–H and O–H groups in total. The first kappa shape index (κ1) is 13.4. The van der Waals surface area contributed by atoms with Crippen LogP contribution in [-0.4, -0.2) is 18.6 Å². The number of hydrogen-bond donors (Lipinski definition) is 2. The molecule has 2 aromatic rings. The smallest absolute Gasteiger partial charge is 0.267 e. The van der Waals surface area contributed by atoms with Crippen LogP contribution in [0.25, 0.3) is 0 Å². The lowest BCUT2D eigenvalue weighted by molar-refractivity contribution is -0.122. The third-order valence-electron chi connectivity index (χ3n) is 3.45. The van der Waals surface area contributed by atoms with Crippen molar-refractivity contribution in [2.45, 2.75) is 13.0 Å². The minimum atomic E-state index is -0.650. The Kier molecular flexibility index (Phi) is 3.48. The molecule has 5 heteroatoms.